The van der Waals surface area contributed by atoms with E-state index in [-0.39, 0.29) is 18.5 Å². The first-order chi connectivity index (χ1) is 38.0. The van der Waals surface area contributed by atoms with Gasteiger partial charge in [-0.15, -0.1) is 0 Å². The summed E-state index contributed by atoms with van der Waals surface area (Å²) in [5.41, 5.74) is 0. The molecule has 2 atom stereocenters. The average molecular weight is 1090 g/mol. The van der Waals surface area contributed by atoms with E-state index in [9.17, 15) is 19.8 Å². The summed E-state index contributed by atoms with van der Waals surface area (Å²) in [5, 5.41) is 23.4. The van der Waals surface area contributed by atoms with Gasteiger partial charge in [0.15, 0.2) is 0 Å². The van der Waals surface area contributed by atoms with E-state index in [0.29, 0.717) is 25.9 Å². The minimum Gasteiger partial charge on any atom is -0.466 e. The highest BCUT2D eigenvalue weighted by molar-refractivity contribution is 5.76. The molecule has 0 aromatic heterocycles. The van der Waals surface area contributed by atoms with Crippen LogP contribution in [0.3, 0.4) is 0 Å². The lowest BCUT2D eigenvalue weighted by molar-refractivity contribution is -0.143. The molecule has 0 bridgehead atoms. The van der Waals surface area contributed by atoms with Crippen LogP contribution in [0.2, 0.25) is 0 Å². The van der Waals surface area contributed by atoms with Crippen molar-refractivity contribution in [2.45, 2.75) is 418 Å². The Kier molecular flexibility index (Phi) is 65.9. The number of hydrogen-bond donors (Lipinski definition) is 3. The van der Waals surface area contributed by atoms with Gasteiger partial charge in [-0.05, 0) is 51.4 Å². The van der Waals surface area contributed by atoms with Crippen molar-refractivity contribution in [3.8, 4) is 0 Å². The van der Waals surface area contributed by atoms with Crippen LogP contribution in [0, 0.1) is 0 Å². The highest BCUT2D eigenvalue weighted by atomic mass is 16.5. The van der Waals surface area contributed by atoms with Crippen molar-refractivity contribution < 1.29 is 24.5 Å². The number of hydrogen-bond acceptors (Lipinski definition) is 5. The summed E-state index contributed by atoms with van der Waals surface area (Å²) in [5.74, 6) is -0.00988. The fourth-order valence-electron chi connectivity index (χ4n) is 11.4. The van der Waals surface area contributed by atoms with E-state index in [1.54, 1.807) is 0 Å². The molecule has 0 fully saturated rings. The molecule has 0 radical (unpaired) electrons. The van der Waals surface area contributed by atoms with Gasteiger partial charge in [0.05, 0.1) is 25.4 Å². The van der Waals surface area contributed by atoms with E-state index in [4.69, 9.17) is 4.74 Å². The molecule has 0 aliphatic carbocycles. The quantitative estimate of drug-likeness (QED) is 0.0320. The van der Waals surface area contributed by atoms with E-state index >= 15 is 0 Å². The van der Waals surface area contributed by atoms with Crippen molar-refractivity contribution in [1.29, 1.82) is 0 Å². The normalized spacial score (nSPS) is 12.5. The van der Waals surface area contributed by atoms with Crippen LogP contribution in [-0.2, 0) is 14.3 Å². The summed E-state index contributed by atoms with van der Waals surface area (Å²) in [6, 6.07) is -0.540. The number of amides is 1. The third kappa shape index (κ3) is 63.6. The van der Waals surface area contributed by atoms with Crippen molar-refractivity contribution in [2.75, 3.05) is 13.2 Å². The molecule has 0 rings (SSSR count). The second-order valence-corrected chi connectivity index (χ2v) is 24.6. The summed E-state index contributed by atoms with van der Waals surface area (Å²) >= 11 is 0. The zero-order valence-corrected chi connectivity index (χ0v) is 52.5. The Hall–Kier alpha value is -1.40. The van der Waals surface area contributed by atoms with E-state index in [1.807, 2.05) is 0 Å². The van der Waals surface area contributed by atoms with E-state index in [2.05, 4.69) is 31.3 Å². The first-order valence-corrected chi connectivity index (χ1v) is 35.4. The van der Waals surface area contributed by atoms with Crippen molar-refractivity contribution in [2.24, 2.45) is 0 Å². The van der Waals surface area contributed by atoms with Crippen LogP contribution in [-0.4, -0.2) is 47.4 Å². The van der Waals surface area contributed by atoms with Crippen LogP contribution in [0.1, 0.15) is 406 Å². The summed E-state index contributed by atoms with van der Waals surface area (Å²) in [6.07, 6.45) is 82.6. The predicted molar refractivity (Wildman–Crippen MR) is 338 cm³/mol. The zero-order valence-electron chi connectivity index (χ0n) is 52.5. The summed E-state index contributed by atoms with van der Waals surface area (Å²) < 4.78 is 5.49. The predicted octanol–water partition coefficient (Wildman–Crippen LogP) is 22.8. The number of carbonyl (C=O) groups excluding carboxylic acids is 2. The number of unbranched alkanes of at least 4 members (excludes halogenated alkanes) is 54. The standard InChI is InChI=1S/C71H139NO5/c1-3-5-7-9-11-13-15-17-18-33-36-40-43-47-51-55-59-63-69(74)68(67-73)72-70(75)64-60-56-52-48-44-41-37-34-31-29-27-25-23-21-19-20-22-24-26-28-30-32-35-38-42-46-50-54-58-62-66-77-71(76)65-61-57-53-49-45-39-16-14-12-10-8-6-4-2/h20,22,68-69,73-74H,3-19,21,23-67H2,1-2H3,(H,72,75)/b22-20-. The molecule has 77 heavy (non-hydrogen) atoms. The molecule has 458 valence electrons. The number of carbonyl (C=O) groups is 2. The molecule has 3 N–H and O–H groups in total. The second kappa shape index (κ2) is 67.1. The van der Waals surface area contributed by atoms with Gasteiger partial charge in [0.2, 0.25) is 5.91 Å². The summed E-state index contributed by atoms with van der Waals surface area (Å²) in [4.78, 5) is 24.6. The van der Waals surface area contributed by atoms with E-state index in [0.717, 1.165) is 38.5 Å². The molecule has 1 amide bonds. The van der Waals surface area contributed by atoms with Crippen LogP contribution in [0.15, 0.2) is 12.2 Å². The Morgan fingerprint density at radius 3 is 0.922 bits per heavy atom. The first-order valence-electron chi connectivity index (χ1n) is 35.4. The molecule has 0 saturated heterocycles. The third-order valence-electron chi connectivity index (χ3n) is 16.8. The highest BCUT2D eigenvalue weighted by Crippen LogP contribution is 2.19. The molecular weight excluding hydrogens is 947 g/mol. The SMILES string of the molecule is CCCCCCCCCCCCCCCCCCCC(O)C(CO)NC(=O)CCCCCCCCCCCCCCCC/C=C\CCCCCCCCCCCCCCOC(=O)CCCCCCCCCCCCCCC. The molecule has 0 heterocycles. The number of aliphatic hydroxyl groups is 2. The Labute approximate surface area is 482 Å². The molecule has 0 spiro atoms. The molecule has 6 heteroatoms. The average Bonchev–Trinajstić information content (AvgIpc) is 3.43. The van der Waals surface area contributed by atoms with Crippen LogP contribution in [0.25, 0.3) is 0 Å². The van der Waals surface area contributed by atoms with Gasteiger partial charge in [-0.25, -0.2) is 0 Å². The lowest BCUT2D eigenvalue weighted by Crippen LogP contribution is -2.45. The van der Waals surface area contributed by atoms with E-state index in [1.165, 1.54) is 334 Å². The van der Waals surface area contributed by atoms with Crippen LogP contribution in [0.4, 0.5) is 0 Å². The van der Waals surface area contributed by atoms with Gasteiger partial charge in [0.1, 0.15) is 0 Å². The van der Waals surface area contributed by atoms with Gasteiger partial charge in [-0.1, -0.05) is 353 Å². The number of ether oxygens (including phenoxy) is 1. The fourth-order valence-corrected chi connectivity index (χ4v) is 11.4. The van der Waals surface area contributed by atoms with Crippen LogP contribution >= 0.6 is 0 Å². The fraction of sp³-hybridized carbons (Fsp3) is 0.944. The molecule has 2 unspecified atom stereocenters. The van der Waals surface area contributed by atoms with Gasteiger partial charge in [-0.3, -0.25) is 9.59 Å². The number of rotatable bonds is 67. The van der Waals surface area contributed by atoms with Crippen molar-refractivity contribution in [3.05, 3.63) is 12.2 Å². The van der Waals surface area contributed by atoms with Gasteiger partial charge in [0.25, 0.3) is 0 Å². The smallest absolute Gasteiger partial charge is 0.305 e. The monoisotopic (exact) mass is 1090 g/mol. The molecular formula is C71H139NO5. The largest absolute Gasteiger partial charge is 0.466 e. The number of esters is 1. The third-order valence-corrected chi connectivity index (χ3v) is 16.8. The van der Waals surface area contributed by atoms with Gasteiger partial charge in [-0.2, -0.15) is 0 Å². The van der Waals surface area contributed by atoms with Crippen LogP contribution in [0.5, 0.6) is 0 Å². The number of nitrogens with one attached hydrogen (secondary N) is 1. The van der Waals surface area contributed by atoms with Crippen molar-refractivity contribution in [1.82, 2.24) is 5.32 Å². The van der Waals surface area contributed by atoms with Crippen molar-refractivity contribution >= 4 is 11.9 Å². The molecule has 0 aromatic rings. The maximum atomic E-state index is 12.5. The first kappa shape index (κ1) is 75.6. The molecule has 0 aliphatic rings. The highest BCUT2D eigenvalue weighted by Gasteiger charge is 2.20. The molecule has 0 saturated carbocycles. The topological polar surface area (TPSA) is 95.9 Å². The minimum absolute atomic E-state index is 0.0196. The Bertz CT molecular complexity index is 1160. The van der Waals surface area contributed by atoms with Crippen molar-refractivity contribution in [3.63, 3.8) is 0 Å². The van der Waals surface area contributed by atoms with Gasteiger partial charge in [0, 0.05) is 12.8 Å². The molecule has 0 aromatic carbocycles. The van der Waals surface area contributed by atoms with E-state index < -0.39 is 12.1 Å². The lowest BCUT2D eigenvalue weighted by atomic mass is 10.0. The lowest BCUT2D eigenvalue weighted by Gasteiger charge is -2.22. The van der Waals surface area contributed by atoms with Gasteiger partial charge < -0.3 is 20.3 Å². The summed E-state index contributed by atoms with van der Waals surface area (Å²) in [6.45, 7) is 5.00. The van der Waals surface area contributed by atoms with Gasteiger partial charge >= 0.3 is 5.97 Å². The maximum absolute atomic E-state index is 12.5. The van der Waals surface area contributed by atoms with Crippen LogP contribution < -0.4 is 5.32 Å². The maximum Gasteiger partial charge on any atom is 0.305 e. The Balaban J connectivity index is 3.35. The molecule has 0 aliphatic heterocycles. The Morgan fingerprint density at radius 1 is 0.351 bits per heavy atom. The Morgan fingerprint density at radius 2 is 0.610 bits per heavy atom. The summed E-state index contributed by atoms with van der Waals surface area (Å²) in [7, 11) is 0. The number of allylic oxidation sites excluding steroid dienone is 2. The molecule has 6 nitrogen and oxygen atoms in total. The second-order valence-electron chi connectivity index (χ2n) is 24.6. The zero-order chi connectivity index (χ0) is 55.7. The minimum atomic E-state index is -0.663. The number of aliphatic hydroxyl groups excluding tert-OH is 2.